The quantitative estimate of drug-likeness (QED) is 0.829. The van der Waals surface area contributed by atoms with E-state index in [4.69, 9.17) is 4.74 Å². The fraction of sp³-hybridized carbons (Fsp3) is 0.474. The second-order valence-electron chi connectivity index (χ2n) is 6.94. The molecule has 2 aromatic rings. The summed E-state index contributed by atoms with van der Waals surface area (Å²) in [4.78, 5) is 34.8. The number of hydrogen-bond donors (Lipinski definition) is 1. The molecule has 1 saturated heterocycles. The Bertz CT molecular complexity index is 930. The molecule has 9 heteroatoms. The lowest BCUT2D eigenvalue weighted by Crippen LogP contribution is -2.42. The Hall–Kier alpha value is -2.97. The van der Waals surface area contributed by atoms with E-state index in [0.717, 1.165) is 31.3 Å². The molecule has 2 aromatic heterocycles. The number of aryl methyl sites for hydroxylation is 1. The number of ether oxygens (including phenoxy) is 1. The Labute approximate surface area is 162 Å². The average Bonchev–Trinajstić information content (AvgIpc) is 2.71. The van der Waals surface area contributed by atoms with Crippen LogP contribution in [-0.2, 0) is 7.05 Å². The van der Waals surface area contributed by atoms with Crippen LogP contribution in [0, 0.1) is 18.7 Å². The van der Waals surface area contributed by atoms with Gasteiger partial charge in [-0.2, -0.15) is 9.37 Å². The summed E-state index contributed by atoms with van der Waals surface area (Å²) in [5.74, 6) is -0.492. The number of anilines is 1. The van der Waals surface area contributed by atoms with E-state index < -0.39 is 5.82 Å². The molecule has 1 aliphatic heterocycles. The molecular formula is C19H24FN5O3. The van der Waals surface area contributed by atoms with Gasteiger partial charge in [0.25, 0.3) is 17.3 Å². The van der Waals surface area contributed by atoms with E-state index in [0.29, 0.717) is 19.0 Å². The van der Waals surface area contributed by atoms with Gasteiger partial charge in [-0.05, 0) is 37.8 Å². The van der Waals surface area contributed by atoms with Crippen LogP contribution in [0.2, 0.25) is 0 Å². The second-order valence-corrected chi connectivity index (χ2v) is 6.94. The van der Waals surface area contributed by atoms with E-state index in [1.54, 1.807) is 19.2 Å². The van der Waals surface area contributed by atoms with E-state index in [9.17, 15) is 14.0 Å². The van der Waals surface area contributed by atoms with Crippen LogP contribution in [-0.4, -0.2) is 47.2 Å². The van der Waals surface area contributed by atoms with Crippen molar-refractivity contribution in [1.82, 2.24) is 19.9 Å². The van der Waals surface area contributed by atoms with Crippen LogP contribution < -0.4 is 20.5 Å². The van der Waals surface area contributed by atoms with Gasteiger partial charge in [-0.1, -0.05) is 0 Å². The van der Waals surface area contributed by atoms with Crippen molar-refractivity contribution in [1.29, 1.82) is 0 Å². The third-order valence-electron chi connectivity index (χ3n) is 5.05. The number of amides is 1. The highest BCUT2D eigenvalue weighted by Crippen LogP contribution is 2.22. The highest BCUT2D eigenvalue weighted by Gasteiger charge is 2.24. The summed E-state index contributed by atoms with van der Waals surface area (Å²) in [6.07, 6.45) is 2.93. The van der Waals surface area contributed by atoms with Crippen molar-refractivity contribution < 1.29 is 13.9 Å². The van der Waals surface area contributed by atoms with Crippen molar-refractivity contribution in [3.8, 4) is 5.88 Å². The molecule has 3 rings (SSSR count). The van der Waals surface area contributed by atoms with Crippen LogP contribution in [0.25, 0.3) is 0 Å². The first kappa shape index (κ1) is 19.8. The van der Waals surface area contributed by atoms with Gasteiger partial charge in [0.2, 0.25) is 11.8 Å². The summed E-state index contributed by atoms with van der Waals surface area (Å²) in [5, 5.41) is 2.86. The maximum absolute atomic E-state index is 13.5. The second kappa shape index (κ2) is 8.37. The highest BCUT2D eigenvalue weighted by atomic mass is 19.1. The molecule has 0 spiro atoms. The summed E-state index contributed by atoms with van der Waals surface area (Å²) < 4.78 is 19.9. The van der Waals surface area contributed by atoms with Gasteiger partial charge >= 0.3 is 0 Å². The SMILES string of the molecule is COc1nc(N2CCCC(CNC(=O)c3ccc(C)n(C)c3=O)C2)ncc1F. The van der Waals surface area contributed by atoms with Crippen molar-refractivity contribution in [3.63, 3.8) is 0 Å². The summed E-state index contributed by atoms with van der Waals surface area (Å²) in [5.41, 5.74) is 0.612. The van der Waals surface area contributed by atoms with Gasteiger partial charge in [-0.3, -0.25) is 9.59 Å². The lowest BCUT2D eigenvalue weighted by molar-refractivity contribution is 0.0943. The first-order valence-corrected chi connectivity index (χ1v) is 9.17. The molecule has 3 heterocycles. The Kier molecular flexibility index (Phi) is 5.91. The van der Waals surface area contributed by atoms with Gasteiger partial charge in [0, 0.05) is 32.4 Å². The molecule has 1 atom stereocenters. The smallest absolute Gasteiger partial charge is 0.263 e. The Balaban J connectivity index is 1.63. The van der Waals surface area contributed by atoms with Crippen molar-refractivity contribution in [2.45, 2.75) is 19.8 Å². The average molecular weight is 389 g/mol. The minimum atomic E-state index is -0.605. The molecule has 0 aliphatic carbocycles. The van der Waals surface area contributed by atoms with Crippen LogP contribution in [0.3, 0.4) is 0 Å². The van der Waals surface area contributed by atoms with Gasteiger partial charge in [0.1, 0.15) is 5.56 Å². The van der Waals surface area contributed by atoms with Gasteiger partial charge < -0.3 is 19.5 Å². The molecule has 0 saturated carbocycles. The Morgan fingerprint density at radius 3 is 2.96 bits per heavy atom. The van der Waals surface area contributed by atoms with Crippen LogP contribution in [0.5, 0.6) is 5.88 Å². The molecule has 1 aliphatic rings. The fourth-order valence-corrected chi connectivity index (χ4v) is 3.28. The lowest BCUT2D eigenvalue weighted by atomic mass is 9.98. The maximum atomic E-state index is 13.5. The van der Waals surface area contributed by atoms with Crippen molar-refractivity contribution >= 4 is 11.9 Å². The Morgan fingerprint density at radius 1 is 1.43 bits per heavy atom. The predicted molar refractivity (Wildman–Crippen MR) is 102 cm³/mol. The maximum Gasteiger partial charge on any atom is 0.263 e. The third-order valence-corrected chi connectivity index (χ3v) is 5.05. The van der Waals surface area contributed by atoms with Gasteiger partial charge in [-0.15, -0.1) is 0 Å². The molecule has 8 nitrogen and oxygen atoms in total. The molecule has 1 unspecified atom stereocenters. The first-order chi connectivity index (χ1) is 13.4. The van der Waals surface area contributed by atoms with Crippen molar-refractivity contribution in [3.05, 3.63) is 45.8 Å². The molecule has 0 bridgehead atoms. The number of piperidine rings is 1. The van der Waals surface area contributed by atoms with E-state index in [2.05, 4.69) is 15.3 Å². The zero-order valence-electron chi connectivity index (χ0n) is 16.2. The fourth-order valence-electron chi connectivity index (χ4n) is 3.28. The van der Waals surface area contributed by atoms with Crippen LogP contribution in [0.4, 0.5) is 10.3 Å². The van der Waals surface area contributed by atoms with Gasteiger partial charge in [0.15, 0.2) is 0 Å². The van der Waals surface area contributed by atoms with E-state index in [1.165, 1.54) is 11.7 Å². The first-order valence-electron chi connectivity index (χ1n) is 9.17. The highest BCUT2D eigenvalue weighted by molar-refractivity contribution is 5.93. The number of pyridine rings is 1. The van der Waals surface area contributed by atoms with Crippen LogP contribution in [0.1, 0.15) is 28.9 Å². The molecule has 28 heavy (non-hydrogen) atoms. The van der Waals surface area contributed by atoms with Crippen molar-refractivity contribution in [2.24, 2.45) is 13.0 Å². The number of hydrogen-bond acceptors (Lipinski definition) is 6. The Morgan fingerprint density at radius 2 is 2.21 bits per heavy atom. The number of carbonyl (C=O) groups excluding carboxylic acids is 1. The topological polar surface area (TPSA) is 89.4 Å². The molecule has 1 fully saturated rings. The number of rotatable bonds is 5. The lowest BCUT2D eigenvalue weighted by Gasteiger charge is -2.32. The molecular weight excluding hydrogens is 365 g/mol. The van der Waals surface area contributed by atoms with E-state index in [-0.39, 0.29) is 28.8 Å². The normalized spacial score (nSPS) is 16.7. The zero-order chi connectivity index (χ0) is 20.3. The minimum Gasteiger partial charge on any atom is -0.479 e. The van der Waals surface area contributed by atoms with Gasteiger partial charge in [-0.25, -0.2) is 4.98 Å². The van der Waals surface area contributed by atoms with Crippen LogP contribution >= 0.6 is 0 Å². The molecule has 1 N–H and O–H groups in total. The number of aromatic nitrogens is 3. The number of halogens is 1. The minimum absolute atomic E-state index is 0.0874. The summed E-state index contributed by atoms with van der Waals surface area (Å²) in [6, 6.07) is 3.30. The molecule has 0 radical (unpaired) electrons. The number of carbonyl (C=O) groups is 1. The molecule has 150 valence electrons. The van der Waals surface area contributed by atoms with E-state index in [1.807, 2.05) is 11.8 Å². The monoisotopic (exact) mass is 389 g/mol. The largest absolute Gasteiger partial charge is 0.479 e. The van der Waals surface area contributed by atoms with E-state index >= 15 is 0 Å². The third kappa shape index (κ3) is 4.13. The summed E-state index contributed by atoms with van der Waals surface area (Å²) in [7, 11) is 3.00. The van der Waals surface area contributed by atoms with Gasteiger partial charge in [0.05, 0.1) is 13.3 Å². The number of nitrogens with zero attached hydrogens (tertiary/aromatic N) is 4. The van der Waals surface area contributed by atoms with Crippen molar-refractivity contribution in [2.75, 3.05) is 31.6 Å². The number of methoxy groups -OCH3 is 1. The molecule has 0 aromatic carbocycles. The van der Waals surface area contributed by atoms with Crippen LogP contribution in [0.15, 0.2) is 23.1 Å². The summed E-state index contributed by atoms with van der Waals surface area (Å²) >= 11 is 0. The number of nitrogens with one attached hydrogen (secondary N) is 1. The molecule has 1 amide bonds. The standard InChI is InChI=1S/C19H24FN5O3/c1-12-6-7-14(18(27)24(12)2)16(26)21-9-13-5-4-8-25(11-13)19-22-10-15(20)17(23-19)28-3/h6-7,10,13H,4-5,8-9,11H2,1-3H3,(H,21,26). The summed E-state index contributed by atoms with van der Waals surface area (Å²) in [6.45, 7) is 3.62. The zero-order valence-corrected chi connectivity index (χ0v) is 16.2. The predicted octanol–water partition coefficient (Wildman–Crippen LogP) is 1.28.